The van der Waals surface area contributed by atoms with Crippen LogP contribution in [0.3, 0.4) is 0 Å². The zero-order valence-electron chi connectivity index (χ0n) is 17.8. The van der Waals surface area contributed by atoms with Gasteiger partial charge in [-0.05, 0) is 62.1 Å². The van der Waals surface area contributed by atoms with Crippen LogP contribution in [0.4, 0.5) is 5.82 Å². The predicted octanol–water partition coefficient (Wildman–Crippen LogP) is 4.73. The maximum Gasteiger partial charge on any atom is 0.261 e. The SMILES string of the molecule is O=C(NC1CCCC1)C1CCN(c2ncccc2-c2nc(-c3ccc(Cl)cc3)no2)CC1. The van der Waals surface area contributed by atoms with Crippen LogP contribution < -0.4 is 10.2 Å². The Morgan fingerprint density at radius 3 is 2.56 bits per heavy atom. The quantitative estimate of drug-likeness (QED) is 0.603. The molecule has 3 aromatic rings. The second kappa shape index (κ2) is 9.28. The van der Waals surface area contributed by atoms with Gasteiger partial charge in [-0.15, -0.1) is 0 Å². The van der Waals surface area contributed by atoms with Gasteiger partial charge in [0.05, 0.1) is 5.56 Å². The average Bonchev–Trinajstić information content (AvgIpc) is 3.52. The summed E-state index contributed by atoms with van der Waals surface area (Å²) >= 11 is 5.98. The Bertz CT molecular complexity index is 1070. The number of hydrogen-bond acceptors (Lipinski definition) is 6. The Balaban J connectivity index is 1.28. The van der Waals surface area contributed by atoms with E-state index in [1.165, 1.54) is 12.8 Å². The van der Waals surface area contributed by atoms with Gasteiger partial charge in [0.15, 0.2) is 0 Å². The van der Waals surface area contributed by atoms with Crippen LogP contribution in [0.15, 0.2) is 47.1 Å². The summed E-state index contributed by atoms with van der Waals surface area (Å²) in [5.74, 6) is 2.03. The summed E-state index contributed by atoms with van der Waals surface area (Å²) in [4.78, 5) is 24.1. The number of nitrogens with one attached hydrogen (secondary N) is 1. The average molecular weight is 452 g/mol. The highest BCUT2D eigenvalue weighted by Gasteiger charge is 2.29. The third-order valence-electron chi connectivity index (χ3n) is 6.41. The Kier molecular flexibility index (Phi) is 6.08. The minimum atomic E-state index is 0.0684. The molecule has 0 bridgehead atoms. The lowest BCUT2D eigenvalue weighted by molar-refractivity contribution is -0.126. The number of amides is 1. The van der Waals surface area contributed by atoms with Crippen LogP contribution in [0.25, 0.3) is 22.8 Å². The first-order valence-corrected chi connectivity index (χ1v) is 11.7. The molecule has 0 radical (unpaired) electrons. The van der Waals surface area contributed by atoms with E-state index < -0.39 is 0 Å². The number of carbonyl (C=O) groups is 1. The first-order valence-electron chi connectivity index (χ1n) is 11.3. The summed E-state index contributed by atoms with van der Waals surface area (Å²) in [5, 5.41) is 8.04. The van der Waals surface area contributed by atoms with Gasteiger partial charge >= 0.3 is 0 Å². The van der Waals surface area contributed by atoms with Crippen molar-refractivity contribution in [2.45, 2.75) is 44.6 Å². The van der Waals surface area contributed by atoms with Crippen LogP contribution in [0.1, 0.15) is 38.5 Å². The fourth-order valence-corrected chi connectivity index (χ4v) is 4.73. The molecule has 0 atom stereocenters. The summed E-state index contributed by atoms with van der Waals surface area (Å²) in [6.45, 7) is 1.54. The Hall–Kier alpha value is -2.93. The normalized spacial score (nSPS) is 17.6. The van der Waals surface area contributed by atoms with E-state index in [9.17, 15) is 4.79 Å². The standard InChI is InChI=1S/C24H26ClN5O2/c25-18-9-7-16(8-10-18)21-28-24(32-29-21)20-6-3-13-26-22(20)30-14-11-17(12-15-30)23(31)27-19-4-1-2-5-19/h3,6-10,13,17,19H,1-2,4-5,11-12,14-15H2,(H,27,31). The molecule has 1 saturated carbocycles. The topological polar surface area (TPSA) is 84.2 Å². The number of anilines is 1. The molecule has 7 nitrogen and oxygen atoms in total. The van der Waals surface area contributed by atoms with Crippen molar-refractivity contribution in [2.75, 3.05) is 18.0 Å². The number of aromatic nitrogens is 3. The number of hydrogen-bond donors (Lipinski definition) is 1. The minimum Gasteiger partial charge on any atom is -0.356 e. The highest BCUT2D eigenvalue weighted by Crippen LogP contribution is 2.32. The first-order chi connectivity index (χ1) is 15.7. The van der Waals surface area contributed by atoms with E-state index in [4.69, 9.17) is 16.1 Å². The second-order valence-electron chi connectivity index (χ2n) is 8.56. The molecule has 8 heteroatoms. The van der Waals surface area contributed by atoms with E-state index in [1.54, 1.807) is 18.3 Å². The molecule has 3 heterocycles. The molecule has 2 aromatic heterocycles. The number of piperidine rings is 1. The predicted molar refractivity (Wildman–Crippen MR) is 123 cm³/mol. The van der Waals surface area contributed by atoms with E-state index in [2.05, 4.69) is 25.3 Å². The van der Waals surface area contributed by atoms with E-state index in [0.717, 1.165) is 55.7 Å². The van der Waals surface area contributed by atoms with Crippen LogP contribution >= 0.6 is 11.6 Å². The van der Waals surface area contributed by atoms with E-state index >= 15 is 0 Å². The van der Waals surface area contributed by atoms with Gasteiger partial charge in [-0.25, -0.2) is 4.98 Å². The van der Waals surface area contributed by atoms with Crippen LogP contribution in [0, 0.1) is 5.92 Å². The molecule has 0 unspecified atom stereocenters. The van der Waals surface area contributed by atoms with Gasteiger partial charge in [-0.1, -0.05) is 29.6 Å². The molecule has 32 heavy (non-hydrogen) atoms. The summed E-state index contributed by atoms with van der Waals surface area (Å²) in [6, 6.07) is 11.5. The van der Waals surface area contributed by atoms with Gasteiger partial charge in [-0.2, -0.15) is 4.98 Å². The van der Waals surface area contributed by atoms with E-state index in [1.807, 2.05) is 24.3 Å². The third kappa shape index (κ3) is 4.48. The van der Waals surface area contributed by atoms with Crippen LogP contribution in [-0.2, 0) is 4.79 Å². The number of carbonyl (C=O) groups excluding carboxylic acids is 1. The fraction of sp³-hybridized carbons (Fsp3) is 0.417. The van der Waals surface area contributed by atoms with E-state index in [-0.39, 0.29) is 11.8 Å². The Morgan fingerprint density at radius 2 is 1.81 bits per heavy atom. The molecular formula is C24H26ClN5O2. The first kappa shape index (κ1) is 20.9. The molecule has 166 valence electrons. The van der Waals surface area contributed by atoms with Gasteiger partial charge in [-0.3, -0.25) is 4.79 Å². The Labute approximate surface area is 192 Å². The molecule has 1 N–H and O–H groups in total. The van der Waals surface area contributed by atoms with Crippen molar-refractivity contribution in [3.8, 4) is 22.8 Å². The van der Waals surface area contributed by atoms with Gasteiger partial charge < -0.3 is 14.7 Å². The summed E-state index contributed by atoms with van der Waals surface area (Å²) in [7, 11) is 0. The highest BCUT2D eigenvalue weighted by molar-refractivity contribution is 6.30. The van der Waals surface area contributed by atoms with Crippen molar-refractivity contribution >= 4 is 23.3 Å². The number of rotatable bonds is 5. The van der Waals surface area contributed by atoms with Crippen LogP contribution in [0.2, 0.25) is 5.02 Å². The number of nitrogens with zero attached hydrogens (tertiary/aromatic N) is 4. The zero-order chi connectivity index (χ0) is 21.9. The van der Waals surface area contributed by atoms with Crippen molar-refractivity contribution in [1.29, 1.82) is 0 Å². The zero-order valence-corrected chi connectivity index (χ0v) is 18.6. The molecule has 1 aromatic carbocycles. The van der Waals surface area contributed by atoms with Crippen molar-refractivity contribution < 1.29 is 9.32 Å². The lowest BCUT2D eigenvalue weighted by atomic mass is 9.95. The number of pyridine rings is 1. The monoisotopic (exact) mass is 451 g/mol. The van der Waals surface area contributed by atoms with Gasteiger partial charge in [0, 0.05) is 41.8 Å². The van der Waals surface area contributed by atoms with Crippen molar-refractivity contribution in [3.63, 3.8) is 0 Å². The third-order valence-corrected chi connectivity index (χ3v) is 6.66. The molecule has 2 aliphatic rings. The van der Waals surface area contributed by atoms with Gasteiger partial charge in [0.1, 0.15) is 5.82 Å². The summed E-state index contributed by atoms with van der Waals surface area (Å²) in [5.41, 5.74) is 1.64. The number of benzene rings is 1. The summed E-state index contributed by atoms with van der Waals surface area (Å²) in [6.07, 6.45) is 8.08. The lowest BCUT2D eigenvalue weighted by Gasteiger charge is -2.33. The molecule has 2 fully saturated rings. The largest absolute Gasteiger partial charge is 0.356 e. The highest BCUT2D eigenvalue weighted by atomic mass is 35.5. The van der Waals surface area contributed by atoms with Gasteiger partial charge in [0.2, 0.25) is 11.7 Å². The van der Waals surface area contributed by atoms with E-state index in [0.29, 0.717) is 22.8 Å². The van der Waals surface area contributed by atoms with Crippen molar-refractivity contribution in [2.24, 2.45) is 5.92 Å². The minimum absolute atomic E-state index is 0.0684. The molecule has 5 rings (SSSR count). The lowest BCUT2D eigenvalue weighted by Crippen LogP contribution is -2.43. The van der Waals surface area contributed by atoms with Crippen LogP contribution in [-0.4, -0.2) is 40.2 Å². The van der Waals surface area contributed by atoms with Crippen molar-refractivity contribution in [1.82, 2.24) is 20.4 Å². The fourth-order valence-electron chi connectivity index (χ4n) is 4.61. The maximum atomic E-state index is 12.7. The van der Waals surface area contributed by atoms with Crippen LogP contribution in [0.5, 0.6) is 0 Å². The maximum absolute atomic E-state index is 12.7. The molecule has 1 aliphatic carbocycles. The molecule has 1 aliphatic heterocycles. The molecule has 1 amide bonds. The summed E-state index contributed by atoms with van der Waals surface area (Å²) < 4.78 is 5.58. The molecular weight excluding hydrogens is 426 g/mol. The molecule has 1 saturated heterocycles. The molecule has 0 spiro atoms. The van der Waals surface area contributed by atoms with Gasteiger partial charge in [0.25, 0.3) is 5.89 Å². The Morgan fingerprint density at radius 1 is 1.06 bits per heavy atom. The second-order valence-corrected chi connectivity index (χ2v) is 8.99. The van der Waals surface area contributed by atoms with Crippen molar-refractivity contribution in [3.05, 3.63) is 47.6 Å². The smallest absolute Gasteiger partial charge is 0.261 e. The number of halogens is 1.